The molecule has 0 bridgehead atoms. The Morgan fingerprint density at radius 1 is 1.08 bits per heavy atom. The minimum absolute atomic E-state index is 0. The predicted molar refractivity (Wildman–Crippen MR) is 99.8 cm³/mol. The summed E-state index contributed by atoms with van der Waals surface area (Å²) in [7, 11) is -1.15. The third-order valence-electron chi connectivity index (χ3n) is 4.73. The van der Waals surface area contributed by atoms with E-state index >= 15 is 0 Å². The Labute approximate surface area is 168 Å². The van der Waals surface area contributed by atoms with Crippen LogP contribution in [0.3, 0.4) is 0 Å². The molecular weight excluding hydrogens is 447 g/mol. The van der Waals surface area contributed by atoms with Crippen LogP contribution in [0.4, 0.5) is 0 Å². The molecule has 2 aliphatic carbocycles. The van der Waals surface area contributed by atoms with Crippen LogP contribution in [0.2, 0.25) is 32.7 Å². The average Bonchev–Trinajstić information content (AvgIpc) is 3.06. The van der Waals surface area contributed by atoms with Gasteiger partial charge in [-0.05, 0) is 0 Å². The van der Waals surface area contributed by atoms with E-state index in [9.17, 15) is 0 Å². The van der Waals surface area contributed by atoms with Crippen LogP contribution in [-0.4, -0.2) is 13.5 Å². The largest absolute Gasteiger partial charge is 1.00 e. The topological polar surface area (TPSA) is 0 Å². The van der Waals surface area contributed by atoms with E-state index < -0.39 is 28.4 Å². The zero-order valence-corrected chi connectivity index (χ0v) is 21.1. The van der Waals surface area contributed by atoms with Gasteiger partial charge in [0.25, 0.3) is 0 Å². The van der Waals surface area contributed by atoms with Crippen molar-refractivity contribution in [2.75, 3.05) is 0 Å². The molecule has 24 heavy (non-hydrogen) atoms. The summed E-state index contributed by atoms with van der Waals surface area (Å²) >= 11 is -1.60. The second-order valence-electron chi connectivity index (χ2n) is 7.66. The molecule has 0 amide bonds. The summed E-state index contributed by atoms with van der Waals surface area (Å²) in [6, 6.07) is 9.08. The van der Waals surface area contributed by atoms with E-state index in [4.69, 9.17) is 0 Å². The van der Waals surface area contributed by atoms with Crippen LogP contribution in [0.1, 0.15) is 21.2 Å². The van der Waals surface area contributed by atoms with E-state index in [2.05, 4.69) is 81.3 Å². The van der Waals surface area contributed by atoms with Crippen molar-refractivity contribution in [3.63, 3.8) is 0 Å². The number of rotatable bonds is 3. The number of hydrogen-bond donors (Lipinski definition) is 0. The van der Waals surface area contributed by atoms with Crippen LogP contribution in [0.15, 0.2) is 51.0 Å². The van der Waals surface area contributed by atoms with Crippen LogP contribution in [0, 0.1) is 0 Å². The van der Waals surface area contributed by atoms with Crippen molar-refractivity contribution in [1.82, 2.24) is 0 Å². The molecule has 0 aromatic heterocycles. The summed E-state index contributed by atoms with van der Waals surface area (Å²) in [6.07, 6.45) is 11.4. The average molecular weight is 473 g/mol. The third kappa shape index (κ3) is 4.54. The number of halogens is 2. The van der Waals surface area contributed by atoms with Gasteiger partial charge in [-0.2, -0.15) is 0 Å². The first-order valence-electron chi connectivity index (χ1n) is 8.24. The standard InChI is InChI=1S/C9H7.C8H13Si.C2H6Si.2ClH.Zr/c1-2-5-9-7-3-6-8(9)4-1;1-9(2,3)8-6-4-5-7-8;1-3-2;;;/h1-7H;6-7H,4H2,1-3H3;1-2H3;2*1H;/q;;;;;+2/p-2. The molecule has 0 radical (unpaired) electrons. The number of fused-ring (bicyclic) bond motifs is 1. The molecule has 5 heteroatoms. The van der Waals surface area contributed by atoms with Crippen molar-refractivity contribution in [3.8, 4) is 0 Å². The van der Waals surface area contributed by atoms with Crippen LogP contribution < -0.4 is 24.8 Å². The van der Waals surface area contributed by atoms with Gasteiger partial charge in [0.15, 0.2) is 0 Å². The molecule has 0 saturated carbocycles. The smallest absolute Gasteiger partial charge is 1.00 e. The molecule has 2 aliphatic rings. The fraction of sp³-hybridized carbons (Fsp3) is 0.368. The number of benzene rings is 1. The van der Waals surface area contributed by atoms with Gasteiger partial charge >= 0.3 is 145 Å². The second-order valence-corrected chi connectivity index (χ2v) is 30.4. The monoisotopic (exact) mass is 470 g/mol. The summed E-state index contributed by atoms with van der Waals surface area (Å²) in [5.74, 6) is 0. The van der Waals surface area contributed by atoms with Gasteiger partial charge in [0.2, 0.25) is 0 Å². The molecule has 0 spiro atoms. The summed E-state index contributed by atoms with van der Waals surface area (Å²) in [5, 5.41) is 1.71. The molecule has 0 saturated heterocycles. The van der Waals surface area contributed by atoms with Gasteiger partial charge in [-0.25, -0.2) is 0 Å². The maximum absolute atomic E-state index is 2.66. The molecule has 0 N–H and O–H groups in total. The fourth-order valence-corrected chi connectivity index (χ4v) is 23.0. The predicted octanol–water partition coefficient (Wildman–Crippen LogP) is -0.277. The van der Waals surface area contributed by atoms with Gasteiger partial charge < -0.3 is 24.8 Å². The Kier molecular flexibility index (Phi) is 8.22. The van der Waals surface area contributed by atoms with Crippen molar-refractivity contribution < 1.29 is 45.2 Å². The van der Waals surface area contributed by atoms with Crippen molar-refractivity contribution in [2.45, 2.75) is 42.8 Å². The Hall–Kier alpha value is 0.337. The zero-order chi connectivity index (χ0) is 15.9. The molecule has 1 aromatic carbocycles. The summed E-state index contributed by atoms with van der Waals surface area (Å²) in [4.78, 5) is 0. The van der Waals surface area contributed by atoms with Gasteiger partial charge in [0.1, 0.15) is 0 Å². The van der Waals surface area contributed by atoms with Crippen molar-refractivity contribution in [2.24, 2.45) is 0 Å². The Balaban J connectivity index is 0.00000144. The van der Waals surface area contributed by atoms with E-state index in [1.165, 1.54) is 12.0 Å². The van der Waals surface area contributed by atoms with Crippen LogP contribution in [0.5, 0.6) is 0 Å². The molecule has 0 fully saturated rings. The fourth-order valence-electron chi connectivity index (χ4n) is 3.57. The Morgan fingerprint density at radius 3 is 2.33 bits per heavy atom. The Morgan fingerprint density at radius 2 is 1.75 bits per heavy atom. The van der Waals surface area contributed by atoms with Crippen LogP contribution in [0.25, 0.3) is 6.08 Å². The number of allylic oxidation sites excluding steroid dienone is 5. The maximum Gasteiger partial charge on any atom is -1.00 e. The first-order valence-corrected chi connectivity index (χ1v) is 20.6. The summed E-state index contributed by atoms with van der Waals surface area (Å²) in [5.41, 5.74) is 2.92. The van der Waals surface area contributed by atoms with E-state index in [1.54, 1.807) is 10.8 Å². The summed E-state index contributed by atoms with van der Waals surface area (Å²) in [6.45, 7) is 12.6. The molecule has 1 unspecified atom stereocenters. The van der Waals surface area contributed by atoms with Crippen molar-refractivity contribution in [1.29, 1.82) is 0 Å². The SMILES string of the molecule is C[Si](C)=[Zr+2]([C]1=CC([Si](C)(C)C)=CC1)[CH]1C=Cc2ccccc21.[Cl-].[Cl-]. The van der Waals surface area contributed by atoms with Gasteiger partial charge in [-0.3, -0.25) is 0 Å². The molecule has 3 rings (SSSR count). The van der Waals surface area contributed by atoms with Crippen LogP contribution in [-0.2, 0) is 20.4 Å². The third-order valence-corrected chi connectivity index (χ3v) is 24.9. The van der Waals surface area contributed by atoms with E-state index in [1.807, 2.05) is 3.28 Å². The summed E-state index contributed by atoms with van der Waals surface area (Å²) < 4.78 is 2.69. The first kappa shape index (κ1) is 22.4. The normalized spacial score (nSPS) is 17.8. The Bertz CT molecular complexity index is 736. The van der Waals surface area contributed by atoms with E-state index in [0.717, 1.165) is 3.63 Å². The molecular formula is C19H26Cl2Si2Zr. The molecule has 1 aromatic rings. The molecule has 0 aliphatic heterocycles. The molecule has 0 nitrogen and oxygen atoms in total. The van der Waals surface area contributed by atoms with E-state index in [0.29, 0.717) is 0 Å². The van der Waals surface area contributed by atoms with Gasteiger partial charge in [-0.15, -0.1) is 0 Å². The first-order chi connectivity index (χ1) is 10.4. The quantitative estimate of drug-likeness (QED) is 0.531. The van der Waals surface area contributed by atoms with Crippen molar-refractivity contribution in [3.05, 3.63) is 62.1 Å². The second kappa shape index (κ2) is 8.82. The number of hydrogen-bond acceptors (Lipinski definition) is 0. The zero-order valence-electron chi connectivity index (χ0n) is 15.2. The van der Waals surface area contributed by atoms with Gasteiger partial charge in [-0.1, -0.05) is 0 Å². The van der Waals surface area contributed by atoms with E-state index in [-0.39, 0.29) is 30.2 Å². The minimum atomic E-state index is -1.60. The molecule has 128 valence electrons. The molecule has 0 heterocycles. The van der Waals surface area contributed by atoms with Gasteiger partial charge in [0, 0.05) is 0 Å². The van der Waals surface area contributed by atoms with Crippen LogP contribution >= 0.6 is 0 Å². The van der Waals surface area contributed by atoms with Gasteiger partial charge in [0.05, 0.1) is 0 Å². The molecule has 1 atom stereocenters. The minimum Gasteiger partial charge on any atom is -1.00 e. The van der Waals surface area contributed by atoms with Crippen molar-refractivity contribution >= 4 is 19.6 Å². The maximum atomic E-state index is 2.66.